The van der Waals surface area contributed by atoms with Gasteiger partial charge in [0.2, 0.25) is 0 Å². The van der Waals surface area contributed by atoms with Gasteiger partial charge in [-0.15, -0.1) is 0 Å². The zero-order chi connectivity index (χ0) is 14.8. The molecule has 2 aromatic rings. The molecule has 2 rings (SSSR count). The molecule has 0 aliphatic rings. The van der Waals surface area contributed by atoms with E-state index in [-0.39, 0.29) is 5.56 Å². The highest BCUT2D eigenvalue weighted by molar-refractivity contribution is 5.53. The highest BCUT2D eigenvalue weighted by atomic mass is 19.4. The summed E-state index contributed by atoms with van der Waals surface area (Å²) in [5.74, 6) is 0. The Bertz CT molecular complexity index is 652. The monoisotopic (exact) mass is 280 g/mol. The summed E-state index contributed by atoms with van der Waals surface area (Å²) in [6.45, 7) is 0.347. The van der Waals surface area contributed by atoms with Crippen LogP contribution in [0.15, 0.2) is 30.7 Å². The van der Waals surface area contributed by atoms with Crippen LogP contribution in [0.2, 0.25) is 0 Å². The predicted octanol–water partition coefficient (Wildman–Crippen LogP) is 2.92. The number of alkyl halides is 3. The third-order valence-corrected chi connectivity index (χ3v) is 2.84. The van der Waals surface area contributed by atoms with Crippen LogP contribution in [-0.4, -0.2) is 9.55 Å². The Morgan fingerprint density at radius 2 is 2.15 bits per heavy atom. The van der Waals surface area contributed by atoms with Crippen LogP contribution in [0.4, 0.5) is 18.9 Å². The van der Waals surface area contributed by atoms with E-state index >= 15 is 0 Å². The number of aromatic nitrogens is 2. The zero-order valence-electron chi connectivity index (χ0n) is 10.6. The van der Waals surface area contributed by atoms with Crippen molar-refractivity contribution in [2.45, 2.75) is 12.7 Å². The summed E-state index contributed by atoms with van der Waals surface area (Å²) in [6.07, 6.45) is -1.31. The highest BCUT2D eigenvalue weighted by Crippen LogP contribution is 2.33. The van der Waals surface area contributed by atoms with E-state index in [1.807, 2.05) is 0 Å². The Morgan fingerprint density at radius 3 is 2.70 bits per heavy atom. The van der Waals surface area contributed by atoms with E-state index < -0.39 is 11.7 Å². The average Bonchev–Trinajstić information content (AvgIpc) is 2.80. The van der Waals surface area contributed by atoms with Crippen LogP contribution in [0, 0.1) is 11.3 Å². The molecule has 0 amide bonds. The molecule has 0 saturated carbocycles. The van der Waals surface area contributed by atoms with Crippen molar-refractivity contribution in [3.63, 3.8) is 0 Å². The van der Waals surface area contributed by atoms with Crippen LogP contribution in [0.5, 0.6) is 0 Å². The number of nitriles is 1. The molecule has 7 heteroatoms. The maximum atomic E-state index is 12.8. The molecule has 1 heterocycles. The van der Waals surface area contributed by atoms with Crippen molar-refractivity contribution in [1.82, 2.24) is 9.55 Å². The van der Waals surface area contributed by atoms with Gasteiger partial charge in [-0.2, -0.15) is 18.4 Å². The van der Waals surface area contributed by atoms with Crippen molar-refractivity contribution in [3.05, 3.63) is 47.5 Å². The van der Waals surface area contributed by atoms with Crippen molar-refractivity contribution in [2.24, 2.45) is 7.05 Å². The molecule has 0 bridgehead atoms. The van der Waals surface area contributed by atoms with E-state index in [1.165, 1.54) is 6.07 Å². The van der Waals surface area contributed by atoms with Gasteiger partial charge in [-0.25, -0.2) is 4.98 Å². The summed E-state index contributed by atoms with van der Waals surface area (Å²) in [5, 5.41) is 11.6. The molecule has 0 saturated heterocycles. The zero-order valence-corrected chi connectivity index (χ0v) is 10.6. The topological polar surface area (TPSA) is 53.6 Å². The summed E-state index contributed by atoms with van der Waals surface area (Å²) < 4.78 is 40.2. The van der Waals surface area contributed by atoms with Crippen molar-refractivity contribution in [1.29, 1.82) is 5.26 Å². The standard InChI is InChI=1S/C13H11F3N4/c1-20-8-18-6-11(20)7-19-10-3-2-9(5-17)12(4-10)13(14,15)16/h2-4,6,8,19H,7H2,1H3. The quantitative estimate of drug-likeness (QED) is 0.940. The van der Waals surface area contributed by atoms with Crippen LogP contribution in [-0.2, 0) is 19.8 Å². The van der Waals surface area contributed by atoms with Crippen LogP contribution in [0.25, 0.3) is 0 Å². The number of aryl methyl sites for hydroxylation is 1. The molecular formula is C13H11F3N4. The fourth-order valence-corrected chi connectivity index (χ4v) is 1.73. The minimum atomic E-state index is -4.55. The van der Waals surface area contributed by atoms with Gasteiger partial charge in [0.15, 0.2) is 0 Å². The van der Waals surface area contributed by atoms with Gasteiger partial charge in [0.25, 0.3) is 0 Å². The Hall–Kier alpha value is -2.49. The summed E-state index contributed by atoms with van der Waals surface area (Å²) in [6, 6.07) is 5.10. The van der Waals surface area contributed by atoms with E-state index in [4.69, 9.17) is 5.26 Å². The van der Waals surface area contributed by atoms with Gasteiger partial charge in [-0.3, -0.25) is 0 Å². The SMILES string of the molecule is Cn1cncc1CNc1ccc(C#N)c(C(F)(F)F)c1. The number of hydrogen-bond acceptors (Lipinski definition) is 3. The van der Waals surface area contributed by atoms with E-state index in [0.717, 1.165) is 17.8 Å². The Balaban J connectivity index is 2.22. The molecule has 1 N–H and O–H groups in total. The first kappa shape index (κ1) is 13.9. The molecule has 0 aliphatic carbocycles. The van der Waals surface area contributed by atoms with Crippen molar-refractivity contribution < 1.29 is 13.2 Å². The van der Waals surface area contributed by atoms with E-state index in [1.54, 1.807) is 30.2 Å². The highest BCUT2D eigenvalue weighted by Gasteiger charge is 2.33. The lowest BCUT2D eigenvalue weighted by molar-refractivity contribution is -0.137. The fraction of sp³-hybridized carbons (Fsp3) is 0.231. The van der Waals surface area contributed by atoms with Gasteiger partial charge < -0.3 is 9.88 Å². The molecule has 0 radical (unpaired) electrons. The Kier molecular flexibility index (Phi) is 3.66. The Labute approximate surface area is 113 Å². The molecule has 0 spiro atoms. The summed E-state index contributed by atoms with van der Waals surface area (Å²) in [7, 11) is 1.80. The van der Waals surface area contributed by atoms with Crippen LogP contribution < -0.4 is 5.32 Å². The van der Waals surface area contributed by atoms with Gasteiger partial charge in [0.05, 0.1) is 35.8 Å². The number of nitrogens with one attached hydrogen (secondary N) is 1. The number of hydrogen-bond donors (Lipinski definition) is 1. The summed E-state index contributed by atoms with van der Waals surface area (Å²) >= 11 is 0. The second-order valence-electron chi connectivity index (χ2n) is 4.22. The fourth-order valence-electron chi connectivity index (χ4n) is 1.73. The number of halogens is 3. The van der Waals surface area contributed by atoms with Gasteiger partial charge >= 0.3 is 6.18 Å². The van der Waals surface area contributed by atoms with Crippen LogP contribution in [0.1, 0.15) is 16.8 Å². The maximum absolute atomic E-state index is 12.8. The predicted molar refractivity (Wildman–Crippen MR) is 66.7 cm³/mol. The summed E-state index contributed by atoms with van der Waals surface area (Å²) in [5.41, 5.74) is -0.181. The first-order chi connectivity index (χ1) is 9.41. The van der Waals surface area contributed by atoms with Gasteiger partial charge in [-0.05, 0) is 18.2 Å². The van der Waals surface area contributed by atoms with E-state index in [2.05, 4.69) is 10.3 Å². The van der Waals surface area contributed by atoms with Crippen LogP contribution in [0.3, 0.4) is 0 Å². The molecule has 0 atom stereocenters. The minimum Gasteiger partial charge on any atom is -0.379 e. The largest absolute Gasteiger partial charge is 0.417 e. The van der Waals surface area contributed by atoms with Crippen LogP contribution >= 0.6 is 0 Å². The van der Waals surface area contributed by atoms with Gasteiger partial charge in [0.1, 0.15) is 0 Å². The molecule has 1 aromatic carbocycles. The van der Waals surface area contributed by atoms with Crippen molar-refractivity contribution in [3.8, 4) is 6.07 Å². The Morgan fingerprint density at radius 1 is 1.40 bits per heavy atom. The number of anilines is 1. The first-order valence-corrected chi connectivity index (χ1v) is 5.72. The lowest BCUT2D eigenvalue weighted by Crippen LogP contribution is -2.10. The normalized spacial score (nSPS) is 11.2. The molecule has 4 nitrogen and oxygen atoms in total. The smallest absolute Gasteiger partial charge is 0.379 e. The third kappa shape index (κ3) is 2.91. The summed E-state index contributed by atoms with van der Waals surface area (Å²) in [4.78, 5) is 3.92. The molecule has 0 aliphatic heterocycles. The maximum Gasteiger partial charge on any atom is 0.417 e. The first-order valence-electron chi connectivity index (χ1n) is 5.72. The number of rotatable bonds is 3. The minimum absolute atomic E-state index is 0.303. The molecule has 0 fully saturated rings. The number of benzene rings is 1. The van der Waals surface area contributed by atoms with E-state index in [0.29, 0.717) is 12.2 Å². The van der Waals surface area contributed by atoms with Crippen molar-refractivity contribution >= 4 is 5.69 Å². The lowest BCUT2D eigenvalue weighted by atomic mass is 10.1. The molecular weight excluding hydrogens is 269 g/mol. The van der Waals surface area contributed by atoms with Gasteiger partial charge in [0, 0.05) is 18.9 Å². The third-order valence-electron chi connectivity index (χ3n) is 2.84. The molecule has 104 valence electrons. The van der Waals surface area contributed by atoms with Crippen molar-refractivity contribution in [2.75, 3.05) is 5.32 Å². The molecule has 0 unspecified atom stereocenters. The number of imidazole rings is 1. The van der Waals surface area contributed by atoms with E-state index in [9.17, 15) is 13.2 Å². The lowest BCUT2D eigenvalue weighted by Gasteiger charge is -2.12. The van der Waals surface area contributed by atoms with Gasteiger partial charge in [-0.1, -0.05) is 0 Å². The number of nitrogens with zero attached hydrogens (tertiary/aromatic N) is 3. The average molecular weight is 280 g/mol. The molecule has 1 aromatic heterocycles. The second kappa shape index (κ2) is 5.25. The second-order valence-corrected chi connectivity index (χ2v) is 4.22. The molecule has 20 heavy (non-hydrogen) atoms.